The molecule has 0 aliphatic rings. The first-order valence-electron chi connectivity index (χ1n) is 2.53. The van der Waals surface area contributed by atoms with Gasteiger partial charge in [-0.1, -0.05) is 0 Å². The Morgan fingerprint density at radius 1 is 0.909 bits per heavy atom. The standard InChI is InChI=1S/3C2H4.CH5O3P/c3*1-2;1-5(2,3)4/h3*1-2H2;1H3,(H2,2,3,4). The van der Waals surface area contributed by atoms with Crippen molar-refractivity contribution in [2.75, 3.05) is 6.66 Å². The molecule has 0 fully saturated rings. The van der Waals surface area contributed by atoms with Crippen LogP contribution in [-0.2, 0) is 4.57 Å². The lowest BCUT2D eigenvalue weighted by atomic mass is 11.3. The number of hydrogen-bond donors (Lipinski definition) is 2. The van der Waals surface area contributed by atoms with E-state index < -0.39 is 7.60 Å². The molecule has 0 aliphatic heterocycles. The summed E-state index contributed by atoms with van der Waals surface area (Å²) in [6, 6.07) is 0. The van der Waals surface area contributed by atoms with Crippen LogP contribution in [0.25, 0.3) is 0 Å². The topological polar surface area (TPSA) is 57.5 Å². The average molecular weight is 180 g/mol. The van der Waals surface area contributed by atoms with Gasteiger partial charge in [-0.3, -0.25) is 4.57 Å². The van der Waals surface area contributed by atoms with Crippen LogP contribution in [0.3, 0.4) is 0 Å². The Kier molecular flexibility index (Phi) is 46.4. The van der Waals surface area contributed by atoms with Crippen molar-refractivity contribution < 1.29 is 14.4 Å². The van der Waals surface area contributed by atoms with Gasteiger partial charge in [0.25, 0.3) is 0 Å². The second kappa shape index (κ2) is 22.8. The molecule has 0 aromatic heterocycles. The van der Waals surface area contributed by atoms with E-state index in [1.54, 1.807) is 0 Å². The van der Waals surface area contributed by atoms with Crippen molar-refractivity contribution in [3.05, 3.63) is 39.5 Å². The SMILES string of the molecule is C=C.C=C.C=C.CP(=O)(O)O. The van der Waals surface area contributed by atoms with E-state index in [0.717, 1.165) is 6.66 Å². The van der Waals surface area contributed by atoms with Crippen LogP contribution in [0.4, 0.5) is 0 Å². The Balaban J connectivity index is -0.0000000350. The highest BCUT2D eigenvalue weighted by Crippen LogP contribution is 2.26. The lowest BCUT2D eigenvalue weighted by Gasteiger charge is -1.84. The monoisotopic (exact) mass is 180 g/mol. The molecule has 0 bridgehead atoms. The summed E-state index contributed by atoms with van der Waals surface area (Å²) in [5, 5.41) is 0. The molecule has 0 rings (SSSR count). The Morgan fingerprint density at radius 3 is 0.909 bits per heavy atom. The van der Waals surface area contributed by atoms with Crippen LogP contribution >= 0.6 is 7.60 Å². The molecule has 0 atom stereocenters. The first kappa shape index (κ1) is 22.4. The summed E-state index contributed by atoms with van der Waals surface area (Å²) in [4.78, 5) is 15.3. The summed E-state index contributed by atoms with van der Waals surface area (Å²) in [6.45, 7) is 18.9. The molecule has 0 saturated carbocycles. The summed E-state index contributed by atoms with van der Waals surface area (Å²) >= 11 is 0. The maximum Gasteiger partial charge on any atom is 0.322 e. The van der Waals surface area contributed by atoms with Gasteiger partial charge >= 0.3 is 7.60 Å². The van der Waals surface area contributed by atoms with Gasteiger partial charge in [-0.25, -0.2) is 0 Å². The largest absolute Gasteiger partial charge is 0.325 e. The molecule has 11 heavy (non-hydrogen) atoms. The van der Waals surface area contributed by atoms with E-state index in [1.165, 1.54) is 0 Å². The normalized spacial score (nSPS) is 6.45. The Hall–Kier alpha value is -0.630. The van der Waals surface area contributed by atoms with E-state index in [2.05, 4.69) is 39.5 Å². The molecule has 0 saturated heterocycles. The van der Waals surface area contributed by atoms with Gasteiger partial charge in [0.1, 0.15) is 0 Å². The number of hydrogen-bond acceptors (Lipinski definition) is 1. The predicted octanol–water partition coefficient (Wildman–Crippen LogP) is 2.20. The van der Waals surface area contributed by atoms with Crippen LogP contribution in [0.1, 0.15) is 0 Å². The van der Waals surface area contributed by atoms with Gasteiger partial charge in [0.05, 0.1) is 0 Å². The fourth-order valence-electron chi connectivity index (χ4n) is 0. The fraction of sp³-hybridized carbons (Fsp3) is 0.143. The molecule has 0 unspecified atom stereocenters. The van der Waals surface area contributed by atoms with Crippen molar-refractivity contribution >= 4 is 7.60 Å². The van der Waals surface area contributed by atoms with Crippen molar-refractivity contribution in [3.8, 4) is 0 Å². The van der Waals surface area contributed by atoms with Crippen LogP contribution in [0.15, 0.2) is 39.5 Å². The van der Waals surface area contributed by atoms with Crippen LogP contribution in [0.2, 0.25) is 0 Å². The second-order valence-corrected chi connectivity index (χ2v) is 2.51. The average Bonchev–Trinajstić information content (AvgIpc) is 1.96. The van der Waals surface area contributed by atoms with Gasteiger partial charge in [-0.05, 0) is 0 Å². The van der Waals surface area contributed by atoms with Crippen LogP contribution in [-0.4, -0.2) is 16.5 Å². The maximum absolute atomic E-state index is 9.33. The second-order valence-electron chi connectivity index (χ2n) is 0.835. The minimum atomic E-state index is -3.64. The summed E-state index contributed by atoms with van der Waals surface area (Å²) in [5.74, 6) is 0. The van der Waals surface area contributed by atoms with E-state index in [0.29, 0.717) is 0 Å². The minimum absolute atomic E-state index is 0.854. The van der Waals surface area contributed by atoms with Gasteiger partial charge < -0.3 is 9.79 Å². The third-order valence-electron chi connectivity index (χ3n) is 0. The summed E-state index contributed by atoms with van der Waals surface area (Å²) < 4.78 is 9.33. The van der Waals surface area contributed by atoms with E-state index in [-0.39, 0.29) is 0 Å². The smallest absolute Gasteiger partial charge is 0.322 e. The lowest BCUT2D eigenvalue weighted by Crippen LogP contribution is -1.64. The first-order valence-corrected chi connectivity index (χ1v) is 4.59. The van der Waals surface area contributed by atoms with Gasteiger partial charge in [0, 0.05) is 6.66 Å². The van der Waals surface area contributed by atoms with Crippen molar-refractivity contribution in [2.45, 2.75) is 0 Å². The predicted molar refractivity (Wildman–Crippen MR) is 51.7 cm³/mol. The summed E-state index contributed by atoms with van der Waals surface area (Å²) in [7, 11) is -3.64. The van der Waals surface area contributed by atoms with Crippen molar-refractivity contribution in [1.82, 2.24) is 0 Å². The molecule has 4 heteroatoms. The fourth-order valence-corrected chi connectivity index (χ4v) is 0. The highest BCUT2D eigenvalue weighted by Gasteiger charge is 1.95. The molecular weight excluding hydrogens is 163 g/mol. The zero-order chi connectivity index (χ0) is 10.5. The van der Waals surface area contributed by atoms with Gasteiger partial charge in [-0.15, -0.1) is 39.5 Å². The molecule has 0 radical (unpaired) electrons. The molecule has 0 aliphatic carbocycles. The molecule has 2 N–H and O–H groups in total. The van der Waals surface area contributed by atoms with Crippen LogP contribution < -0.4 is 0 Å². The highest BCUT2D eigenvalue weighted by atomic mass is 31.2. The van der Waals surface area contributed by atoms with Crippen LogP contribution in [0.5, 0.6) is 0 Å². The number of rotatable bonds is 0. The van der Waals surface area contributed by atoms with Gasteiger partial charge in [0.2, 0.25) is 0 Å². The molecule has 0 amide bonds. The van der Waals surface area contributed by atoms with Crippen molar-refractivity contribution in [2.24, 2.45) is 0 Å². The van der Waals surface area contributed by atoms with Crippen LogP contribution in [0, 0.1) is 0 Å². The lowest BCUT2D eigenvalue weighted by molar-refractivity contribution is 0.381. The molecule has 0 aromatic carbocycles. The van der Waals surface area contributed by atoms with E-state index in [9.17, 15) is 4.57 Å². The summed E-state index contributed by atoms with van der Waals surface area (Å²) in [5.41, 5.74) is 0. The van der Waals surface area contributed by atoms with Crippen molar-refractivity contribution in [3.63, 3.8) is 0 Å². The van der Waals surface area contributed by atoms with E-state index >= 15 is 0 Å². The maximum atomic E-state index is 9.33. The first-order chi connectivity index (χ1) is 5.00. The Labute approximate surface area is 68.9 Å². The molecule has 3 nitrogen and oxygen atoms in total. The Bertz CT molecular complexity index is 84.8. The molecule has 0 spiro atoms. The van der Waals surface area contributed by atoms with E-state index in [4.69, 9.17) is 9.79 Å². The zero-order valence-electron chi connectivity index (χ0n) is 6.99. The van der Waals surface area contributed by atoms with Crippen molar-refractivity contribution in [1.29, 1.82) is 0 Å². The van der Waals surface area contributed by atoms with Gasteiger partial charge in [0.15, 0.2) is 0 Å². The molecule has 0 aromatic rings. The Morgan fingerprint density at radius 2 is 0.909 bits per heavy atom. The quantitative estimate of drug-likeness (QED) is 0.443. The third-order valence-corrected chi connectivity index (χ3v) is 0. The molecule has 0 heterocycles. The zero-order valence-corrected chi connectivity index (χ0v) is 7.89. The molecular formula is C7H17O3P. The third kappa shape index (κ3) is 1280. The highest BCUT2D eigenvalue weighted by molar-refractivity contribution is 7.50. The van der Waals surface area contributed by atoms with Gasteiger partial charge in [-0.2, -0.15) is 0 Å². The molecule has 68 valence electrons. The minimum Gasteiger partial charge on any atom is -0.325 e. The summed E-state index contributed by atoms with van der Waals surface area (Å²) in [6.07, 6.45) is 0. The van der Waals surface area contributed by atoms with E-state index in [1.807, 2.05) is 0 Å².